The second-order valence-electron chi connectivity index (χ2n) is 3.77. The molecule has 0 saturated heterocycles. The molecule has 2 heterocycles. The maximum atomic E-state index is 5.31. The largest absolute Gasteiger partial charge is 0.300 e. The standard InChI is InChI=1S/C11H17N5S/c1-3-8-5-9(4-2)16(15-8)7-10-6-13-11(14-12)17-10/h5-6H,3-4,7,12H2,1-2H3,(H,13,14). The fourth-order valence-corrected chi connectivity index (χ4v) is 2.41. The van der Waals surface area contributed by atoms with Crippen molar-refractivity contribution in [1.82, 2.24) is 14.8 Å². The van der Waals surface area contributed by atoms with Gasteiger partial charge in [-0.3, -0.25) is 10.1 Å². The third-order valence-corrected chi connectivity index (χ3v) is 3.53. The summed E-state index contributed by atoms with van der Waals surface area (Å²) in [6.07, 6.45) is 3.80. The number of hydrogen-bond donors (Lipinski definition) is 2. The first-order valence-electron chi connectivity index (χ1n) is 5.73. The second kappa shape index (κ2) is 5.29. The molecule has 0 amide bonds. The Morgan fingerprint density at radius 3 is 2.82 bits per heavy atom. The van der Waals surface area contributed by atoms with Crippen LogP contribution >= 0.6 is 11.3 Å². The smallest absolute Gasteiger partial charge is 0.197 e. The number of nitrogens with two attached hydrogens (primary N) is 1. The minimum Gasteiger partial charge on any atom is -0.300 e. The van der Waals surface area contributed by atoms with Crippen LogP contribution in [0.5, 0.6) is 0 Å². The Morgan fingerprint density at radius 2 is 2.24 bits per heavy atom. The number of nitrogens with one attached hydrogen (secondary N) is 1. The fourth-order valence-electron chi connectivity index (χ4n) is 1.70. The molecular weight excluding hydrogens is 234 g/mol. The van der Waals surface area contributed by atoms with E-state index in [0.717, 1.165) is 35.1 Å². The molecule has 3 N–H and O–H groups in total. The second-order valence-corrected chi connectivity index (χ2v) is 4.88. The molecule has 0 fully saturated rings. The number of nitrogens with zero attached hydrogens (tertiary/aromatic N) is 3. The lowest BCUT2D eigenvalue weighted by Gasteiger charge is -2.02. The number of nitrogen functional groups attached to an aromatic ring is 1. The fraction of sp³-hybridized carbons (Fsp3) is 0.455. The number of hydrazine groups is 1. The highest BCUT2D eigenvalue weighted by Crippen LogP contribution is 2.19. The lowest BCUT2D eigenvalue weighted by Crippen LogP contribution is -2.05. The van der Waals surface area contributed by atoms with Crippen molar-refractivity contribution in [1.29, 1.82) is 0 Å². The van der Waals surface area contributed by atoms with Gasteiger partial charge in [-0.2, -0.15) is 5.10 Å². The Hall–Kier alpha value is -1.40. The van der Waals surface area contributed by atoms with E-state index in [4.69, 9.17) is 5.84 Å². The first-order chi connectivity index (χ1) is 8.26. The minimum absolute atomic E-state index is 0.737. The Bertz CT molecular complexity index is 488. The molecule has 0 aliphatic carbocycles. The van der Waals surface area contributed by atoms with Crippen LogP contribution in [-0.4, -0.2) is 14.8 Å². The van der Waals surface area contributed by atoms with Crippen LogP contribution in [0.15, 0.2) is 12.3 Å². The van der Waals surface area contributed by atoms with Crippen LogP contribution in [0.3, 0.4) is 0 Å². The minimum atomic E-state index is 0.737. The molecule has 17 heavy (non-hydrogen) atoms. The Balaban J connectivity index is 2.19. The van der Waals surface area contributed by atoms with Crippen LogP contribution in [0.2, 0.25) is 0 Å². The van der Waals surface area contributed by atoms with E-state index in [1.165, 1.54) is 5.69 Å². The van der Waals surface area contributed by atoms with E-state index in [-0.39, 0.29) is 0 Å². The van der Waals surface area contributed by atoms with Crippen LogP contribution in [0.25, 0.3) is 0 Å². The van der Waals surface area contributed by atoms with Gasteiger partial charge in [0, 0.05) is 16.8 Å². The van der Waals surface area contributed by atoms with E-state index in [1.807, 2.05) is 10.9 Å². The summed E-state index contributed by atoms with van der Waals surface area (Å²) in [6, 6.07) is 2.17. The van der Waals surface area contributed by atoms with Gasteiger partial charge in [-0.1, -0.05) is 25.2 Å². The summed E-state index contributed by atoms with van der Waals surface area (Å²) >= 11 is 1.56. The van der Waals surface area contributed by atoms with E-state index in [9.17, 15) is 0 Å². The van der Waals surface area contributed by atoms with Crippen molar-refractivity contribution in [3.63, 3.8) is 0 Å². The summed E-state index contributed by atoms with van der Waals surface area (Å²) in [5.41, 5.74) is 4.96. The van der Waals surface area contributed by atoms with Crippen LogP contribution in [0.1, 0.15) is 30.1 Å². The van der Waals surface area contributed by atoms with E-state index in [2.05, 4.69) is 35.4 Å². The van der Waals surface area contributed by atoms with Gasteiger partial charge in [0.2, 0.25) is 0 Å². The number of thiazole rings is 1. The van der Waals surface area contributed by atoms with E-state index in [1.54, 1.807) is 11.3 Å². The van der Waals surface area contributed by atoms with Gasteiger partial charge in [-0.25, -0.2) is 10.8 Å². The summed E-state index contributed by atoms with van der Waals surface area (Å²) in [4.78, 5) is 5.31. The van der Waals surface area contributed by atoms with Crippen LogP contribution in [-0.2, 0) is 19.4 Å². The number of aromatic nitrogens is 3. The molecule has 0 spiro atoms. The van der Waals surface area contributed by atoms with Gasteiger partial charge in [0.25, 0.3) is 0 Å². The molecule has 0 aliphatic rings. The topological polar surface area (TPSA) is 68.8 Å². The monoisotopic (exact) mass is 251 g/mol. The molecule has 0 aromatic carbocycles. The highest BCUT2D eigenvalue weighted by molar-refractivity contribution is 7.15. The predicted molar refractivity (Wildman–Crippen MR) is 70.0 cm³/mol. The number of aryl methyl sites for hydroxylation is 2. The normalized spacial score (nSPS) is 10.8. The quantitative estimate of drug-likeness (QED) is 0.628. The summed E-state index contributed by atoms with van der Waals surface area (Å²) < 4.78 is 2.05. The molecule has 0 saturated carbocycles. The SMILES string of the molecule is CCc1cc(CC)n(Cc2cnc(NN)s2)n1. The lowest BCUT2D eigenvalue weighted by atomic mass is 10.2. The molecule has 0 radical (unpaired) electrons. The van der Waals surface area contributed by atoms with Gasteiger partial charge in [-0.05, 0) is 18.9 Å². The highest BCUT2D eigenvalue weighted by atomic mass is 32.1. The van der Waals surface area contributed by atoms with Crippen molar-refractivity contribution in [3.8, 4) is 0 Å². The van der Waals surface area contributed by atoms with E-state index < -0.39 is 0 Å². The zero-order valence-electron chi connectivity index (χ0n) is 10.1. The molecule has 2 aromatic rings. The third kappa shape index (κ3) is 2.65. The Kier molecular flexibility index (Phi) is 3.75. The van der Waals surface area contributed by atoms with Gasteiger partial charge in [0.05, 0.1) is 12.2 Å². The molecule has 0 bridgehead atoms. The first-order valence-corrected chi connectivity index (χ1v) is 6.55. The van der Waals surface area contributed by atoms with Gasteiger partial charge in [0.1, 0.15) is 0 Å². The third-order valence-electron chi connectivity index (χ3n) is 2.62. The maximum Gasteiger partial charge on any atom is 0.197 e. The van der Waals surface area contributed by atoms with Crippen molar-refractivity contribution >= 4 is 16.5 Å². The Morgan fingerprint density at radius 1 is 1.41 bits per heavy atom. The zero-order chi connectivity index (χ0) is 12.3. The van der Waals surface area contributed by atoms with E-state index >= 15 is 0 Å². The summed E-state index contributed by atoms with van der Waals surface area (Å²) in [7, 11) is 0. The van der Waals surface area contributed by atoms with Gasteiger partial charge >= 0.3 is 0 Å². The van der Waals surface area contributed by atoms with Gasteiger partial charge in [0.15, 0.2) is 5.13 Å². The molecule has 2 rings (SSSR count). The Labute approximate surface area is 105 Å². The molecule has 6 heteroatoms. The summed E-state index contributed by atoms with van der Waals surface area (Å²) in [6.45, 7) is 5.03. The maximum absolute atomic E-state index is 5.31. The molecule has 0 aliphatic heterocycles. The molecule has 5 nitrogen and oxygen atoms in total. The van der Waals surface area contributed by atoms with Crippen molar-refractivity contribution < 1.29 is 0 Å². The molecule has 2 aromatic heterocycles. The van der Waals surface area contributed by atoms with Crippen molar-refractivity contribution in [3.05, 3.63) is 28.5 Å². The number of hydrogen-bond acceptors (Lipinski definition) is 5. The predicted octanol–water partition coefficient (Wildman–Crippen LogP) is 1.80. The summed E-state index contributed by atoms with van der Waals surface area (Å²) in [5.74, 6) is 5.31. The highest BCUT2D eigenvalue weighted by Gasteiger charge is 2.07. The average Bonchev–Trinajstić information content (AvgIpc) is 2.95. The van der Waals surface area contributed by atoms with Gasteiger partial charge < -0.3 is 0 Å². The molecule has 0 unspecified atom stereocenters. The van der Waals surface area contributed by atoms with Crippen LogP contribution in [0, 0.1) is 0 Å². The van der Waals surface area contributed by atoms with E-state index in [0.29, 0.717) is 0 Å². The van der Waals surface area contributed by atoms with Crippen LogP contribution < -0.4 is 11.3 Å². The average molecular weight is 251 g/mol. The summed E-state index contributed by atoms with van der Waals surface area (Å²) in [5, 5.41) is 5.31. The van der Waals surface area contributed by atoms with Crippen LogP contribution in [0.4, 0.5) is 5.13 Å². The van der Waals surface area contributed by atoms with Crippen molar-refractivity contribution in [2.24, 2.45) is 5.84 Å². The number of anilines is 1. The number of rotatable bonds is 5. The molecule has 0 atom stereocenters. The molecule has 92 valence electrons. The van der Waals surface area contributed by atoms with Gasteiger partial charge in [-0.15, -0.1) is 0 Å². The van der Waals surface area contributed by atoms with Crippen molar-refractivity contribution in [2.45, 2.75) is 33.2 Å². The first kappa shape index (κ1) is 12.1. The lowest BCUT2D eigenvalue weighted by molar-refractivity contribution is 0.646. The molecular formula is C11H17N5S. The zero-order valence-corrected chi connectivity index (χ0v) is 10.9. The van der Waals surface area contributed by atoms with Crippen molar-refractivity contribution in [2.75, 3.05) is 5.43 Å².